The summed E-state index contributed by atoms with van der Waals surface area (Å²) in [5, 5.41) is 10.7. The lowest BCUT2D eigenvalue weighted by atomic mass is 9.95. The van der Waals surface area contributed by atoms with Crippen molar-refractivity contribution in [2.24, 2.45) is 0 Å². The van der Waals surface area contributed by atoms with Crippen LogP contribution in [0.25, 0.3) is 99.1 Å². The number of para-hydroxylation sites is 3. The van der Waals surface area contributed by atoms with E-state index in [-0.39, 0.29) is 0 Å². The molecule has 12 rings (SSSR count). The van der Waals surface area contributed by atoms with E-state index >= 15 is 0 Å². The molecule has 0 fully saturated rings. The fraction of sp³-hybridized carbons (Fsp3) is 0.0370. The average molecular weight is 743 g/mol. The van der Waals surface area contributed by atoms with Crippen LogP contribution in [0, 0.1) is 0 Å². The quantitative estimate of drug-likeness (QED) is 0.159. The molecule has 2 aromatic heterocycles. The number of aromatic nitrogens is 2. The lowest BCUT2D eigenvalue weighted by molar-refractivity contribution is 1.18. The minimum atomic E-state index is -2.08. The zero-order chi connectivity index (χ0) is 37.8. The van der Waals surface area contributed by atoms with Gasteiger partial charge in [0.25, 0.3) is 0 Å². The van der Waals surface area contributed by atoms with E-state index in [2.05, 4.69) is 216 Å². The maximum atomic E-state index is 2.54. The molecule has 0 N–H and O–H groups in total. The predicted octanol–water partition coefficient (Wildman–Crippen LogP) is 13.2. The molecular weight excluding hydrogens is 705 g/mol. The third-order valence-corrected chi connectivity index (χ3v) is 16.2. The normalized spacial score (nSPS) is 13.2. The van der Waals surface area contributed by atoms with Crippen molar-refractivity contribution in [3.63, 3.8) is 0 Å². The van der Waals surface area contributed by atoms with E-state index in [1.54, 1.807) is 0 Å². The molecule has 9 aromatic carbocycles. The Morgan fingerprint density at radius 3 is 1.42 bits per heavy atom. The number of hydrogen-bond donors (Lipinski definition) is 0. The zero-order valence-electron chi connectivity index (χ0n) is 31.9. The topological polar surface area (TPSA) is 9.86 Å². The Morgan fingerprint density at radius 2 is 0.825 bits per heavy atom. The molecular formula is C54H38N2Si. The smallest absolute Gasteiger partial charge is 0.113 e. The molecule has 0 aliphatic carbocycles. The summed E-state index contributed by atoms with van der Waals surface area (Å²) >= 11 is 0. The van der Waals surface area contributed by atoms with Crippen LogP contribution in [-0.2, 0) is 0 Å². The van der Waals surface area contributed by atoms with Gasteiger partial charge in [0.2, 0.25) is 0 Å². The average Bonchev–Trinajstić information content (AvgIpc) is 3.87. The Balaban J connectivity index is 1.00. The zero-order valence-corrected chi connectivity index (χ0v) is 32.9. The molecule has 57 heavy (non-hydrogen) atoms. The molecule has 0 atom stereocenters. The highest BCUT2D eigenvalue weighted by Crippen LogP contribution is 2.42. The minimum absolute atomic E-state index is 1.18. The van der Waals surface area contributed by atoms with Gasteiger partial charge in [-0.2, -0.15) is 0 Å². The molecule has 1 aliphatic rings. The van der Waals surface area contributed by atoms with Crippen LogP contribution in [0.2, 0.25) is 13.1 Å². The van der Waals surface area contributed by atoms with Gasteiger partial charge in [0, 0.05) is 32.9 Å². The molecule has 0 bridgehead atoms. The molecule has 0 unspecified atom stereocenters. The SMILES string of the molecule is C[Si]1(C)c2cc(-c3cccc4c3c3ccccc3n4-c3ccccc3)ccc2-c2ccc(-c3cccc4c3c3ccccc3n4-c3ccc4ccccc4c3)cc21. The lowest BCUT2D eigenvalue weighted by Gasteiger charge is -2.20. The molecule has 268 valence electrons. The van der Waals surface area contributed by atoms with Gasteiger partial charge in [-0.05, 0) is 103 Å². The third-order valence-electron chi connectivity index (χ3n) is 12.7. The van der Waals surface area contributed by atoms with Crippen molar-refractivity contribution in [1.82, 2.24) is 9.13 Å². The summed E-state index contributed by atoms with van der Waals surface area (Å²) < 4.78 is 4.86. The summed E-state index contributed by atoms with van der Waals surface area (Å²) in [4.78, 5) is 0. The number of rotatable bonds is 4. The molecule has 0 spiro atoms. The van der Waals surface area contributed by atoms with Crippen LogP contribution in [-0.4, -0.2) is 17.2 Å². The molecule has 3 heteroatoms. The van der Waals surface area contributed by atoms with Crippen LogP contribution in [0.4, 0.5) is 0 Å². The summed E-state index contributed by atoms with van der Waals surface area (Å²) in [6, 6.07) is 72.2. The van der Waals surface area contributed by atoms with Crippen molar-refractivity contribution in [2.75, 3.05) is 0 Å². The van der Waals surface area contributed by atoms with Crippen molar-refractivity contribution in [3.8, 4) is 44.8 Å². The number of fused-ring (bicyclic) bond motifs is 10. The van der Waals surface area contributed by atoms with Crippen LogP contribution >= 0.6 is 0 Å². The highest BCUT2D eigenvalue weighted by Gasteiger charge is 2.38. The van der Waals surface area contributed by atoms with Gasteiger partial charge in [-0.3, -0.25) is 0 Å². The van der Waals surface area contributed by atoms with Gasteiger partial charge in [0.1, 0.15) is 8.07 Å². The van der Waals surface area contributed by atoms with Crippen molar-refractivity contribution in [2.45, 2.75) is 13.1 Å². The summed E-state index contributed by atoms with van der Waals surface area (Å²) in [5.74, 6) is 0. The van der Waals surface area contributed by atoms with Crippen LogP contribution in [0.1, 0.15) is 0 Å². The van der Waals surface area contributed by atoms with Crippen LogP contribution < -0.4 is 10.4 Å². The fourth-order valence-electron chi connectivity index (χ4n) is 10.0. The van der Waals surface area contributed by atoms with Crippen LogP contribution in [0.3, 0.4) is 0 Å². The first kappa shape index (κ1) is 32.3. The summed E-state index contributed by atoms with van der Waals surface area (Å²) in [6.45, 7) is 5.08. The molecule has 3 heterocycles. The Kier molecular flexibility index (Phi) is 6.82. The highest BCUT2D eigenvalue weighted by atomic mass is 28.3. The first-order valence-electron chi connectivity index (χ1n) is 19.9. The van der Waals surface area contributed by atoms with Crippen LogP contribution in [0.5, 0.6) is 0 Å². The standard InChI is InChI=1S/C54H38N2Si/c1-57(2)51-33-37(41-20-12-24-49-53(41)45-18-8-10-22-47(45)55(49)39-16-4-3-5-17-39)27-30-43(51)44-31-28-38(34-52(44)57)42-21-13-25-50-54(42)46-19-9-11-23-48(46)56(50)40-29-26-35-14-6-7-15-36(35)32-40/h3-34H,1-2H3. The van der Waals surface area contributed by atoms with Gasteiger partial charge in [-0.25, -0.2) is 0 Å². The van der Waals surface area contributed by atoms with Gasteiger partial charge in [0.05, 0.1) is 22.1 Å². The summed E-state index contributed by atoms with van der Waals surface area (Å²) in [5.41, 5.74) is 15.2. The van der Waals surface area contributed by atoms with Gasteiger partial charge in [0.15, 0.2) is 0 Å². The van der Waals surface area contributed by atoms with Gasteiger partial charge in [-0.15, -0.1) is 0 Å². The molecule has 2 nitrogen and oxygen atoms in total. The summed E-state index contributed by atoms with van der Waals surface area (Å²) in [7, 11) is -2.08. The Labute approximate surface area is 332 Å². The number of nitrogens with zero attached hydrogens (tertiary/aromatic N) is 2. The van der Waals surface area contributed by atoms with E-state index < -0.39 is 8.07 Å². The first-order chi connectivity index (χ1) is 28.0. The molecule has 0 saturated heterocycles. The predicted molar refractivity (Wildman–Crippen MR) is 246 cm³/mol. The van der Waals surface area contributed by atoms with Gasteiger partial charge < -0.3 is 9.13 Å². The fourth-order valence-corrected chi connectivity index (χ4v) is 13.1. The van der Waals surface area contributed by atoms with E-state index in [1.165, 1.54) is 110 Å². The molecule has 1 aliphatic heterocycles. The van der Waals surface area contributed by atoms with Crippen molar-refractivity contribution in [3.05, 3.63) is 194 Å². The second-order valence-electron chi connectivity index (χ2n) is 16.1. The van der Waals surface area contributed by atoms with Gasteiger partial charge >= 0.3 is 0 Å². The minimum Gasteiger partial charge on any atom is -0.309 e. The number of hydrogen-bond acceptors (Lipinski definition) is 0. The summed E-state index contributed by atoms with van der Waals surface area (Å²) in [6.07, 6.45) is 0. The Morgan fingerprint density at radius 1 is 0.333 bits per heavy atom. The van der Waals surface area contributed by atoms with Gasteiger partial charge in [-0.1, -0.05) is 159 Å². The molecule has 11 aromatic rings. The largest absolute Gasteiger partial charge is 0.309 e. The van der Waals surface area contributed by atoms with E-state index in [0.717, 1.165) is 0 Å². The second-order valence-corrected chi connectivity index (χ2v) is 20.4. The van der Waals surface area contributed by atoms with Crippen molar-refractivity contribution < 1.29 is 0 Å². The number of benzene rings is 9. The molecule has 0 radical (unpaired) electrons. The Bertz CT molecular complexity index is 3440. The van der Waals surface area contributed by atoms with E-state index in [0.29, 0.717) is 0 Å². The first-order valence-corrected chi connectivity index (χ1v) is 22.9. The maximum absolute atomic E-state index is 2.54. The van der Waals surface area contributed by atoms with Crippen LogP contribution in [0.15, 0.2) is 194 Å². The molecule has 0 amide bonds. The Hall–Kier alpha value is -6.94. The van der Waals surface area contributed by atoms with E-state index in [1.807, 2.05) is 0 Å². The van der Waals surface area contributed by atoms with E-state index in [4.69, 9.17) is 0 Å². The molecule has 0 saturated carbocycles. The van der Waals surface area contributed by atoms with E-state index in [9.17, 15) is 0 Å². The van der Waals surface area contributed by atoms with Crippen molar-refractivity contribution >= 4 is 72.8 Å². The van der Waals surface area contributed by atoms with Crippen molar-refractivity contribution in [1.29, 1.82) is 0 Å². The highest BCUT2D eigenvalue weighted by molar-refractivity contribution is 7.04. The third kappa shape index (κ3) is 4.64. The monoisotopic (exact) mass is 742 g/mol. The maximum Gasteiger partial charge on any atom is 0.113 e. The second kappa shape index (κ2) is 12.0. The lowest BCUT2D eigenvalue weighted by Crippen LogP contribution is -2.49.